The third kappa shape index (κ3) is 3.14. The molecule has 1 aliphatic rings. The van der Waals surface area contributed by atoms with Crippen LogP contribution in [0.1, 0.15) is 42.6 Å². The molecule has 2 rings (SSSR count). The summed E-state index contributed by atoms with van der Waals surface area (Å²) in [7, 11) is 0. The fourth-order valence-corrected chi connectivity index (χ4v) is 2.81. The number of carbonyl (C=O) groups is 1. The molecule has 1 N–H and O–H groups in total. The van der Waals surface area contributed by atoms with Gasteiger partial charge in [0.25, 0.3) is 0 Å². The number of carboxylic acid groups (broad SMARTS) is 1. The Hall–Kier alpha value is -1.72. The first-order valence-corrected chi connectivity index (χ1v) is 6.93. The zero-order valence-electron chi connectivity index (χ0n) is 11.9. The van der Waals surface area contributed by atoms with Gasteiger partial charge in [-0.05, 0) is 43.9 Å². The van der Waals surface area contributed by atoms with Gasteiger partial charge in [0.2, 0.25) is 0 Å². The summed E-state index contributed by atoms with van der Waals surface area (Å²) < 4.78 is 38.2. The van der Waals surface area contributed by atoms with Crippen LogP contribution in [-0.2, 0) is 6.18 Å². The van der Waals surface area contributed by atoms with Gasteiger partial charge in [0.1, 0.15) is 0 Å². The maximum absolute atomic E-state index is 12.7. The smallest absolute Gasteiger partial charge is 0.416 e. The van der Waals surface area contributed by atoms with Crippen molar-refractivity contribution in [3.63, 3.8) is 0 Å². The number of rotatable bonds is 2. The van der Waals surface area contributed by atoms with E-state index in [0.717, 1.165) is 25.0 Å². The number of carboxylic acids is 1. The normalized spacial score (nSPS) is 23.2. The first kappa shape index (κ1) is 15.7. The Morgan fingerprint density at radius 1 is 1.33 bits per heavy atom. The van der Waals surface area contributed by atoms with Gasteiger partial charge in [0.15, 0.2) is 0 Å². The Morgan fingerprint density at radius 2 is 2.00 bits per heavy atom. The van der Waals surface area contributed by atoms with E-state index in [0.29, 0.717) is 18.2 Å². The number of piperidine rings is 1. The molecule has 1 aromatic rings. The summed E-state index contributed by atoms with van der Waals surface area (Å²) in [6, 6.07) is 3.06. The molecule has 21 heavy (non-hydrogen) atoms. The second-order valence-corrected chi connectivity index (χ2v) is 5.59. The Balaban J connectivity index is 2.46. The topological polar surface area (TPSA) is 40.5 Å². The molecule has 0 aromatic heterocycles. The third-order valence-corrected chi connectivity index (χ3v) is 4.24. The first-order valence-electron chi connectivity index (χ1n) is 6.93. The summed E-state index contributed by atoms with van der Waals surface area (Å²) in [6.45, 7) is 4.71. The summed E-state index contributed by atoms with van der Waals surface area (Å²) in [5.41, 5.74) is -0.846. The maximum Gasteiger partial charge on any atom is 0.416 e. The van der Waals surface area contributed by atoms with Gasteiger partial charge in [-0.25, -0.2) is 4.79 Å². The predicted molar refractivity (Wildman–Crippen MR) is 73.6 cm³/mol. The number of alkyl halides is 3. The van der Waals surface area contributed by atoms with Crippen molar-refractivity contribution in [3.05, 3.63) is 29.3 Å². The molecule has 1 fully saturated rings. The molecule has 2 unspecified atom stereocenters. The van der Waals surface area contributed by atoms with Crippen LogP contribution in [0.25, 0.3) is 0 Å². The van der Waals surface area contributed by atoms with Crippen molar-refractivity contribution >= 4 is 11.7 Å². The highest BCUT2D eigenvalue weighted by Gasteiger charge is 2.33. The number of anilines is 1. The van der Waals surface area contributed by atoms with Crippen molar-refractivity contribution in [2.24, 2.45) is 5.92 Å². The number of halogens is 3. The first-order chi connectivity index (χ1) is 9.71. The zero-order valence-corrected chi connectivity index (χ0v) is 11.9. The highest BCUT2D eigenvalue weighted by Crippen LogP contribution is 2.35. The van der Waals surface area contributed by atoms with Gasteiger partial charge in [-0.2, -0.15) is 13.2 Å². The van der Waals surface area contributed by atoms with E-state index in [1.807, 2.05) is 11.8 Å². The van der Waals surface area contributed by atoms with Gasteiger partial charge in [-0.15, -0.1) is 0 Å². The summed E-state index contributed by atoms with van der Waals surface area (Å²) >= 11 is 0. The summed E-state index contributed by atoms with van der Waals surface area (Å²) in [5.74, 6) is -0.954. The van der Waals surface area contributed by atoms with E-state index in [2.05, 4.69) is 6.92 Å². The monoisotopic (exact) mass is 301 g/mol. The lowest BCUT2D eigenvalue weighted by Gasteiger charge is -2.40. The number of hydrogen-bond donors (Lipinski definition) is 1. The van der Waals surface area contributed by atoms with Crippen LogP contribution >= 0.6 is 0 Å². The van der Waals surface area contributed by atoms with E-state index in [4.69, 9.17) is 0 Å². The Kier molecular flexibility index (Phi) is 4.16. The van der Waals surface area contributed by atoms with Gasteiger partial charge in [-0.3, -0.25) is 0 Å². The molecular formula is C15H18F3NO2. The van der Waals surface area contributed by atoms with E-state index in [1.165, 1.54) is 6.07 Å². The molecule has 0 amide bonds. The Bertz CT molecular complexity index is 542. The lowest BCUT2D eigenvalue weighted by atomic mass is 9.91. The highest BCUT2D eigenvalue weighted by atomic mass is 19.4. The average Bonchev–Trinajstić information content (AvgIpc) is 2.40. The molecule has 116 valence electrons. The van der Waals surface area contributed by atoms with Crippen LogP contribution in [0.2, 0.25) is 0 Å². The Morgan fingerprint density at radius 3 is 2.57 bits per heavy atom. The second-order valence-electron chi connectivity index (χ2n) is 5.59. The van der Waals surface area contributed by atoms with E-state index in [-0.39, 0.29) is 11.6 Å². The summed E-state index contributed by atoms with van der Waals surface area (Å²) in [6.07, 6.45) is -2.59. The molecule has 1 heterocycles. The SMILES string of the molecule is CC1CCCN(c2ccc(C(F)(F)F)cc2C(=O)O)C1C. The van der Waals surface area contributed by atoms with Crippen LogP contribution in [0.3, 0.4) is 0 Å². The molecule has 1 aliphatic heterocycles. The van der Waals surface area contributed by atoms with Crippen LogP contribution in [0.15, 0.2) is 18.2 Å². The minimum absolute atomic E-state index is 0.105. The predicted octanol–water partition coefficient (Wildman–Crippen LogP) is 4.03. The van der Waals surface area contributed by atoms with Crippen molar-refractivity contribution in [2.75, 3.05) is 11.4 Å². The largest absolute Gasteiger partial charge is 0.478 e. The molecule has 0 bridgehead atoms. The van der Waals surface area contributed by atoms with Gasteiger partial charge in [-0.1, -0.05) is 6.92 Å². The number of benzene rings is 1. The highest BCUT2D eigenvalue weighted by molar-refractivity contribution is 5.95. The standard InChI is InChI=1S/C15H18F3NO2/c1-9-4-3-7-19(10(9)2)13-6-5-11(15(16,17)18)8-12(13)14(20)21/h5-6,8-10H,3-4,7H2,1-2H3,(H,20,21). The summed E-state index contributed by atoms with van der Waals surface area (Å²) in [4.78, 5) is 13.2. The molecule has 0 radical (unpaired) electrons. The van der Waals surface area contributed by atoms with Gasteiger partial charge < -0.3 is 10.0 Å². The van der Waals surface area contributed by atoms with Gasteiger partial charge in [0, 0.05) is 12.6 Å². The van der Waals surface area contributed by atoms with Crippen LogP contribution in [0.4, 0.5) is 18.9 Å². The number of nitrogens with zero attached hydrogens (tertiary/aromatic N) is 1. The van der Waals surface area contributed by atoms with Crippen LogP contribution in [-0.4, -0.2) is 23.7 Å². The molecular weight excluding hydrogens is 283 g/mol. The zero-order chi connectivity index (χ0) is 15.8. The average molecular weight is 301 g/mol. The van der Waals surface area contributed by atoms with Crippen molar-refractivity contribution in [3.8, 4) is 0 Å². The molecule has 0 spiro atoms. The quantitative estimate of drug-likeness (QED) is 0.896. The molecule has 1 saturated heterocycles. The molecule has 6 heteroatoms. The van der Waals surface area contributed by atoms with Gasteiger partial charge >= 0.3 is 12.1 Å². The summed E-state index contributed by atoms with van der Waals surface area (Å²) in [5, 5.41) is 9.24. The molecule has 2 atom stereocenters. The fourth-order valence-electron chi connectivity index (χ4n) is 2.81. The van der Waals surface area contributed by atoms with E-state index < -0.39 is 17.7 Å². The molecule has 3 nitrogen and oxygen atoms in total. The third-order valence-electron chi connectivity index (χ3n) is 4.24. The lowest BCUT2D eigenvalue weighted by molar-refractivity contribution is -0.137. The van der Waals surface area contributed by atoms with E-state index in [9.17, 15) is 23.1 Å². The minimum atomic E-state index is -4.54. The van der Waals surface area contributed by atoms with Gasteiger partial charge in [0.05, 0.1) is 16.8 Å². The van der Waals surface area contributed by atoms with Crippen LogP contribution in [0.5, 0.6) is 0 Å². The van der Waals surface area contributed by atoms with Crippen molar-refractivity contribution in [2.45, 2.75) is 38.9 Å². The number of hydrogen-bond acceptors (Lipinski definition) is 2. The molecule has 1 aromatic carbocycles. The van der Waals surface area contributed by atoms with E-state index >= 15 is 0 Å². The fraction of sp³-hybridized carbons (Fsp3) is 0.533. The lowest BCUT2D eigenvalue weighted by Crippen LogP contribution is -2.43. The maximum atomic E-state index is 12.7. The van der Waals surface area contributed by atoms with Crippen molar-refractivity contribution < 1.29 is 23.1 Å². The van der Waals surface area contributed by atoms with Crippen LogP contribution in [0, 0.1) is 5.92 Å². The second kappa shape index (κ2) is 5.58. The number of aromatic carboxylic acids is 1. The minimum Gasteiger partial charge on any atom is -0.478 e. The van der Waals surface area contributed by atoms with Crippen molar-refractivity contribution in [1.82, 2.24) is 0 Å². The van der Waals surface area contributed by atoms with E-state index in [1.54, 1.807) is 0 Å². The Labute approximate surface area is 121 Å². The van der Waals surface area contributed by atoms with Crippen LogP contribution < -0.4 is 4.90 Å². The molecule has 0 aliphatic carbocycles. The molecule has 0 saturated carbocycles. The van der Waals surface area contributed by atoms with Crippen molar-refractivity contribution in [1.29, 1.82) is 0 Å².